The summed E-state index contributed by atoms with van der Waals surface area (Å²) in [6.45, 7) is 4.86. The fourth-order valence-electron chi connectivity index (χ4n) is 5.68. The molecule has 1 aliphatic carbocycles. The average Bonchev–Trinajstić information content (AvgIpc) is 2.85. The number of aromatic nitrogens is 1. The minimum absolute atomic E-state index is 0.384. The molecule has 2 N–H and O–H groups in total. The van der Waals surface area contributed by atoms with E-state index < -0.39 is 0 Å². The SMILES string of the molecule is CC[C@H]1CC2C[C@H]3c4[nH]c5ccc(O)cc5c4CCN(C2)[C@@H]13. The Labute approximate surface area is 131 Å². The van der Waals surface area contributed by atoms with Gasteiger partial charge < -0.3 is 10.1 Å². The normalized spacial score (nSPS) is 36.3. The van der Waals surface area contributed by atoms with Gasteiger partial charge in [0.25, 0.3) is 0 Å². The van der Waals surface area contributed by atoms with Gasteiger partial charge in [0.05, 0.1) is 0 Å². The van der Waals surface area contributed by atoms with E-state index in [4.69, 9.17) is 0 Å². The topological polar surface area (TPSA) is 39.3 Å². The molecular formula is C19H24N2O. The molecule has 4 bridgehead atoms. The summed E-state index contributed by atoms with van der Waals surface area (Å²) in [5.74, 6) is 2.80. The van der Waals surface area contributed by atoms with Crippen molar-refractivity contribution in [1.82, 2.24) is 9.88 Å². The van der Waals surface area contributed by atoms with E-state index in [1.54, 1.807) is 6.07 Å². The summed E-state index contributed by atoms with van der Waals surface area (Å²) in [7, 11) is 0. The Bertz CT molecular complexity index is 734. The molecule has 3 heteroatoms. The molecule has 1 aromatic heterocycles. The summed E-state index contributed by atoms with van der Waals surface area (Å²) < 4.78 is 0. The van der Waals surface area contributed by atoms with Crippen molar-refractivity contribution in [3.8, 4) is 5.75 Å². The predicted molar refractivity (Wildman–Crippen MR) is 88.3 cm³/mol. The van der Waals surface area contributed by atoms with Gasteiger partial charge in [-0.25, -0.2) is 0 Å². The van der Waals surface area contributed by atoms with E-state index in [2.05, 4.69) is 16.8 Å². The maximum absolute atomic E-state index is 9.87. The zero-order valence-electron chi connectivity index (χ0n) is 13.2. The molecule has 2 unspecified atom stereocenters. The van der Waals surface area contributed by atoms with Gasteiger partial charge in [0.15, 0.2) is 0 Å². The largest absolute Gasteiger partial charge is 0.508 e. The van der Waals surface area contributed by atoms with E-state index in [1.165, 1.54) is 54.5 Å². The molecule has 3 aliphatic heterocycles. The molecule has 22 heavy (non-hydrogen) atoms. The number of H-pyrrole nitrogens is 1. The summed E-state index contributed by atoms with van der Waals surface area (Å²) in [4.78, 5) is 6.51. The fourth-order valence-corrected chi connectivity index (χ4v) is 5.68. The lowest BCUT2D eigenvalue weighted by molar-refractivity contribution is -0.0134. The van der Waals surface area contributed by atoms with Crippen LogP contribution >= 0.6 is 0 Å². The molecule has 116 valence electrons. The number of benzene rings is 1. The van der Waals surface area contributed by atoms with Gasteiger partial charge in [-0.05, 0) is 54.9 Å². The summed E-state index contributed by atoms with van der Waals surface area (Å²) in [5.41, 5.74) is 4.16. The van der Waals surface area contributed by atoms with Crippen LogP contribution in [0.25, 0.3) is 10.9 Å². The number of fused-ring (bicyclic) bond motifs is 4. The molecule has 4 aliphatic rings. The van der Waals surface area contributed by atoms with Crippen molar-refractivity contribution < 1.29 is 5.11 Å². The Morgan fingerprint density at radius 2 is 2.23 bits per heavy atom. The first-order valence-corrected chi connectivity index (χ1v) is 8.82. The van der Waals surface area contributed by atoms with Crippen molar-refractivity contribution in [2.45, 2.75) is 44.6 Å². The molecular weight excluding hydrogens is 272 g/mol. The monoisotopic (exact) mass is 296 g/mol. The zero-order chi connectivity index (χ0) is 14.8. The quantitative estimate of drug-likeness (QED) is 0.843. The summed E-state index contributed by atoms with van der Waals surface area (Å²) >= 11 is 0. The molecule has 2 saturated heterocycles. The van der Waals surface area contributed by atoms with E-state index >= 15 is 0 Å². The van der Waals surface area contributed by atoms with Gasteiger partial charge in [-0.15, -0.1) is 0 Å². The lowest BCUT2D eigenvalue weighted by Gasteiger charge is -2.53. The number of rotatable bonds is 1. The average molecular weight is 296 g/mol. The highest BCUT2D eigenvalue weighted by atomic mass is 16.3. The van der Waals surface area contributed by atoms with Crippen LogP contribution in [0.3, 0.4) is 0 Å². The third kappa shape index (κ3) is 1.66. The van der Waals surface area contributed by atoms with Crippen LogP contribution in [0.2, 0.25) is 0 Å². The molecule has 6 rings (SSSR count). The van der Waals surface area contributed by atoms with Crippen LogP contribution < -0.4 is 0 Å². The Balaban J connectivity index is 1.69. The van der Waals surface area contributed by atoms with Crippen LogP contribution in [0.15, 0.2) is 18.2 Å². The molecule has 3 fully saturated rings. The van der Waals surface area contributed by atoms with E-state index in [-0.39, 0.29) is 0 Å². The lowest BCUT2D eigenvalue weighted by Crippen LogP contribution is -2.56. The van der Waals surface area contributed by atoms with E-state index in [1.807, 2.05) is 12.1 Å². The molecule has 5 atom stereocenters. The second-order valence-electron chi connectivity index (χ2n) is 7.59. The number of piperidine rings is 2. The van der Waals surface area contributed by atoms with Gasteiger partial charge in [0, 0.05) is 41.6 Å². The Hall–Kier alpha value is -1.48. The summed E-state index contributed by atoms with van der Waals surface area (Å²) in [6.07, 6.45) is 5.22. The Morgan fingerprint density at radius 1 is 1.32 bits per heavy atom. The van der Waals surface area contributed by atoms with Gasteiger partial charge in [-0.2, -0.15) is 0 Å². The van der Waals surface area contributed by atoms with Crippen molar-refractivity contribution in [3.05, 3.63) is 29.5 Å². The van der Waals surface area contributed by atoms with Gasteiger partial charge in [0.1, 0.15) is 5.75 Å². The van der Waals surface area contributed by atoms with Gasteiger partial charge in [-0.1, -0.05) is 13.3 Å². The first-order chi connectivity index (χ1) is 10.7. The number of nitrogens with zero attached hydrogens (tertiary/aromatic N) is 1. The lowest BCUT2D eigenvalue weighted by atomic mass is 9.65. The summed E-state index contributed by atoms with van der Waals surface area (Å²) in [6, 6.07) is 6.52. The van der Waals surface area contributed by atoms with Crippen molar-refractivity contribution in [2.24, 2.45) is 11.8 Å². The zero-order valence-corrected chi connectivity index (χ0v) is 13.2. The van der Waals surface area contributed by atoms with Crippen molar-refractivity contribution in [1.29, 1.82) is 0 Å². The van der Waals surface area contributed by atoms with Gasteiger partial charge in [-0.3, -0.25) is 4.90 Å². The second kappa shape index (κ2) is 4.51. The van der Waals surface area contributed by atoms with Gasteiger partial charge >= 0.3 is 0 Å². The smallest absolute Gasteiger partial charge is 0.116 e. The third-order valence-electron chi connectivity index (χ3n) is 6.50. The summed E-state index contributed by atoms with van der Waals surface area (Å²) in [5, 5.41) is 11.1. The Morgan fingerprint density at radius 3 is 3.09 bits per heavy atom. The first kappa shape index (κ1) is 13.0. The minimum Gasteiger partial charge on any atom is -0.508 e. The van der Waals surface area contributed by atoms with Crippen molar-refractivity contribution >= 4 is 10.9 Å². The predicted octanol–water partition coefficient (Wildman–Crippen LogP) is 3.63. The standard InChI is InChI=1S/C19H24N2O/c1-2-12-7-11-8-16-18-14(5-6-21(10-11)19(12)16)15-9-13(22)3-4-17(15)20-18/h3-4,9,11-12,16,19-20,22H,2,5-8,10H2,1H3/t11?,12-,16-,19-/m0/s1. The van der Waals surface area contributed by atoms with Crippen LogP contribution in [0.1, 0.15) is 43.4 Å². The molecule has 0 spiro atoms. The highest BCUT2D eigenvalue weighted by Crippen LogP contribution is 2.51. The van der Waals surface area contributed by atoms with Crippen molar-refractivity contribution in [3.63, 3.8) is 0 Å². The molecule has 0 radical (unpaired) electrons. The minimum atomic E-state index is 0.384. The van der Waals surface area contributed by atoms with Crippen LogP contribution in [0, 0.1) is 11.8 Å². The molecule has 0 amide bonds. The molecule has 1 saturated carbocycles. The molecule has 3 nitrogen and oxygen atoms in total. The molecule has 4 heterocycles. The second-order valence-corrected chi connectivity index (χ2v) is 7.59. The number of aromatic hydroxyl groups is 1. The number of nitrogens with one attached hydrogen (secondary N) is 1. The number of hydrogen-bond acceptors (Lipinski definition) is 2. The van der Waals surface area contributed by atoms with Gasteiger partial charge in [0.2, 0.25) is 0 Å². The van der Waals surface area contributed by atoms with E-state index in [0.717, 1.165) is 24.3 Å². The Kier molecular flexibility index (Phi) is 2.67. The number of phenolic OH excluding ortho intramolecular Hbond substituents is 1. The maximum atomic E-state index is 9.87. The van der Waals surface area contributed by atoms with Crippen LogP contribution in [0.4, 0.5) is 0 Å². The third-order valence-corrected chi connectivity index (χ3v) is 6.50. The number of phenols is 1. The van der Waals surface area contributed by atoms with E-state index in [9.17, 15) is 5.11 Å². The highest BCUT2D eigenvalue weighted by molar-refractivity contribution is 5.86. The highest BCUT2D eigenvalue weighted by Gasteiger charge is 2.48. The van der Waals surface area contributed by atoms with E-state index in [0.29, 0.717) is 11.7 Å². The van der Waals surface area contributed by atoms with Crippen LogP contribution in [-0.4, -0.2) is 34.1 Å². The molecule has 1 aromatic carbocycles. The van der Waals surface area contributed by atoms with Crippen LogP contribution in [0.5, 0.6) is 5.75 Å². The number of aromatic amines is 1. The number of hydrogen-bond donors (Lipinski definition) is 2. The maximum Gasteiger partial charge on any atom is 0.116 e. The molecule has 2 aromatic rings. The van der Waals surface area contributed by atoms with Crippen molar-refractivity contribution in [2.75, 3.05) is 13.1 Å². The first-order valence-electron chi connectivity index (χ1n) is 8.82. The van der Waals surface area contributed by atoms with Crippen LogP contribution in [-0.2, 0) is 6.42 Å². The fraction of sp³-hybridized carbons (Fsp3) is 0.579.